The van der Waals surface area contributed by atoms with Gasteiger partial charge in [0.1, 0.15) is 30.5 Å². The minimum absolute atomic E-state index is 0.0518. The number of hydrogen-bond donors (Lipinski definition) is 0. The third-order valence-electron chi connectivity index (χ3n) is 3.98. The summed E-state index contributed by atoms with van der Waals surface area (Å²) in [4.78, 5) is 0. The Kier molecular flexibility index (Phi) is 2.43. The smallest absolute Gasteiger partial charge is 0.187 e. The molecule has 0 aliphatic carbocycles. The summed E-state index contributed by atoms with van der Waals surface area (Å²) in [6, 6.07) is 0. The second-order valence-corrected chi connectivity index (χ2v) is 6.50. The average molecular weight is 272 g/mol. The predicted octanol–water partition coefficient (Wildman–Crippen LogP) is 0.782. The fraction of sp³-hybridized carbons (Fsp3) is 1.00. The summed E-state index contributed by atoms with van der Waals surface area (Å²) in [5, 5.41) is 0. The van der Waals surface area contributed by atoms with Gasteiger partial charge in [-0.25, -0.2) is 0 Å². The minimum atomic E-state index is -0.624. The number of ether oxygens (including phenoxy) is 6. The lowest BCUT2D eigenvalue weighted by Gasteiger charge is -2.42. The van der Waals surface area contributed by atoms with Gasteiger partial charge in [0.15, 0.2) is 17.9 Å². The van der Waals surface area contributed by atoms with Crippen LogP contribution in [0.2, 0.25) is 0 Å². The van der Waals surface area contributed by atoms with Gasteiger partial charge in [-0.05, 0) is 27.7 Å². The van der Waals surface area contributed by atoms with E-state index in [2.05, 4.69) is 0 Å². The second-order valence-electron chi connectivity index (χ2n) is 6.50. The molecule has 0 N–H and O–H groups in total. The normalized spacial score (nSPS) is 53.7. The first kappa shape index (κ1) is 12.5. The molecule has 108 valence electrons. The molecule has 6 nitrogen and oxygen atoms in total. The molecule has 0 spiro atoms. The van der Waals surface area contributed by atoms with Gasteiger partial charge in [-0.2, -0.15) is 0 Å². The second kappa shape index (κ2) is 3.69. The van der Waals surface area contributed by atoms with Crippen LogP contribution >= 0.6 is 0 Å². The highest BCUT2D eigenvalue weighted by molar-refractivity contribution is 5.04. The fourth-order valence-electron chi connectivity index (χ4n) is 3.16. The molecule has 0 saturated carbocycles. The van der Waals surface area contributed by atoms with E-state index in [1.54, 1.807) is 0 Å². The van der Waals surface area contributed by atoms with Gasteiger partial charge in [-0.15, -0.1) is 0 Å². The van der Waals surface area contributed by atoms with E-state index < -0.39 is 11.6 Å². The molecule has 0 amide bonds. The number of fused-ring (bicyclic) bond motifs is 5. The maximum absolute atomic E-state index is 6.03. The molecule has 4 saturated heterocycles. The van der Waals surface area contributed by atoms with E-state index in [1.165, 1.54) is 0 Å². The van der Waals surface area contributed by atoms with Gasteiger partial charge in [0.25, 0.3) is 0 Å². The van der Waals surface area contributed by atoms with Crippen molar-refractivity contribution in [3.8, 4) is 0 Å². The number of hydrogen-bond acceptors (Lipinski definition) is 6. The van der Waals surface area contributed by atoms with Crippen molar-refractivity contribution in [2.75, 3.05) is 6.61 Å². The van der Waals surface area contributed by atoms with Crippen molar-refractivity contribution in [1.82, 2.24) is 0 Å². The zero-order chi connectivity index (χ0) is 13.4. The van der Waals surface area contributed by atoms with Crippen LogP contribution in [0.3, 0.4) is 0 Å². The van der Waals surface area contributed by atoms with Crippen LogP contribution in [0.5, 0.6) is 0 Å². The Hall–Kier alpha value is -0.240. The van der Waals surface area contributed by atoms with Crippen molar-refractivity contribution in [1.29, 1.82) is 0 Å². The van der Waals surface area contributed by atoms with E-state index in [1.807, 2.05) is 27.7 Å². The summed E-state index contributed by atoms with van der Waals surface area (Å²) in [7, 11) is 0. The molecular formula is C13H20O6. The quantitative estimate of drug-likeness (QED) is 0.607. The van der Waals surface area contributed by atoms with Crippen LogP contribution in [-0.4, -0.2) is 55.0 Å². The molecule has 0 radical (unpaired) electrons. The highest BCUT2D eigenvalue weighted by Crippen LogP contribution is 2.46. The van der Waals surface area contributed by atoms with Crippen molar-refractivity contribution in [2.24, 2.45) is 0 Å². The van der Waals surface area contributed by atoms with Gasteiger partial charge in [-0.1, -0.05) is 0 Å². The largest absolute Gasteiger partial charge is 0.348 e. The minimum Gasteiger partial charge on any atom is -0.348 e. The SMILES string of the molecule is CC1(C)OCC2O[C@@H]3O[C@@H]3C3OC(C)(C)O[C@H]3[C@@H]2O1. The molecule has 19 heavy (non-hydrogen) atoms. The van der Waals surface area contributed by atoms with E-state index in [0.29, 0.717) is 6.61 Å². The zero-order valence-electron chi connectivity index (χ0n) is 11.6. The van der Waals surface area contributed by atoms with Crippen LogP contribution in [0.25, 0.3) is 0 Å². The molecule has 4 rings (SSSR count). The molecule has 0 bridgehead atoms. The topological polar surface area (TPSA) is 58.7 Å². The lowest BCUT2D eigenvalue weighted by atomic mass is 10.0. The van der Waals surface area contributed by atoms with Crippen LogP contribution in [0.4, 0.5) is 0 Å². The van der Waals surface area contributed by atoms with Crippen LogP contribution in [0.1, 0.15) is 27.7 Å². The first-order valence-electron chi connectivity index (χ1n) is 6.83. The van der Waals surface area contributed by atoms with Crippen molar-refractivity contribution >= 4 is 0 Å². The van der Waals surface area contributed by atoms with Gasteiger partial charge in [-0.3, -0.25) is 0 Å². The summed E-state index contributed by atoms with van der Waals surface area (Å²) in [6.07, 6.45) is -0.940. The van der Waals surface area contributed by atoms with E-state index >= 15 is 0 Å². The zero-order valence-corrected chi connectivity index (χ0v) is 11.6. The number of rotatable bonds is 0. The standard InChI is InChI=1S/C13H20O6/c1-12(2)14-5-6-7(17-12)8-9(10-11(15-6)16-10)19-13(3,4)18-8/h6-11H,5H2,1-4H3/t6?,7-,8+,9?,10-,11-/m1/s1. The van der Waals surface area contributed by atoms with E-state index in [-0.39, 0.29) is 36.8 Å². The molecular weight excluding hydrogens is 252 g/mol. The Labute approximate surface area is 112 Å². The summed E-state index contributed by atoms with van der Waals surface area (Å²) in [5.41, 5.74) is 0. The van der Waals surface area contributed by atoms with Crippen LogP contribution in [-0.2, 0) is 28.4 Å². The van der Waals surface area contributed by atoms with Gasteiger partial charge < -0.3 is 28.4 Å². The average Bonchev–Trinajstić information content (AvgIpc) is 2.98. The molecule has 0 aromatic rings. The van der Waals surface area contributed by atoms with Gasteiger partial charge in [0, 0.05) is 0 Å². The molecule has 0 aromatic carbocycles. The van der Waals surface area contributed by atoms with Gasteiger partial charge >= 0.3 is 0 Å². The maximum atomic E-state index is 6.03. The summed E-state index contributed by atoms with van der Waals surface area (Å²) >= 11 is 0. The van der Waals surface area contributed by atoms with Crippen molar-refractivity contribution in [3.05, 3.63) is 0 Å². The number of epoxide rings is 1. The van der Waals surface area contributed by atoms with Crippen molar-refractivity contribution < 1.29 is 28.4 Å². The molecule has 6 heteroatoms. The Morgan fingerprint density at radius 3 is 2.11 bits per heavy atom. The lowest BCUT2D eigenvalue weighted by molar-refractivity contribution is -0.330. The molecule has 4 fully saturated rings. The van der Waals surface area contributed by atoms with Gasteiger partial charge in [0.2, 0.25) is 0 Å². The van der Waals surface area contributed by atoms with Crippen LogP contribution in [0.15, 0.2) is 0 Å². The van der Waals surface area contributed by atoms with E-state index in [0.717, 1.165) is 0 Å². The first-order valence-corrected chi connectivity index (χ1v) is 6.83. The molecule has 6 atom stereocenters. The molecule has 4 aliphatic heterocycles. The Balaban J connectivity index is 1.64. The van der Waals surface area contributed by atoms with Crippen molar-refractivity contribution in [3.63, 3.8) is 0 Å². The highest BCUT2D eigenvalue weighted by atomic mass is 16.8. The molecule has 4 heterocycles. The summed E-state index contributed by atoms with van der Waals surface area (Å²) < 4.78 is 35.1. The fourth-order valence-corrected chi connectivity index (χ4v) is 3.16. The van der Waals surface area contributed by atoms with Crippen LogP contribution < -0.4 is 0 Å². The van der Waals surface area contributed by atoms with Crippen molar-refractivity contribution in [2.45, 2.75) is 76.1 Å². The first-order chi connectivity index (χ1) is 8.85. The molecule has 4 aliphatic rings. The highest BCUT2D eigenvalue weighted by Gasteiger charge is 2.64. The predicted molar refractivity (Wildman–Crippen MR) is 62.3 cm³/mol. The Morgan fingerprint density at radius 1 is 0.737 bits per heavy atom. The Bertz CT molecular complexity index is 395. The molecule has 0 aromatic heterocycles. The third-order valence-corrected chi connectivity index (χ3v) is 3.98. The maximum Gasteiger partial charge on any atom is 0.187 e. The van der Waals surface area contributed by atoms with Crippen LogP contribution in [0, 0.1) is 0 Å². The monoisotopic (exact) mass is 272 g/mol. The third kappa shape index (κ3) is 2.02. The van der Waals surface area contributed by atoms with E-state index in [9.17, 15) is 0 Å². The summed E-state index contributed by atoms with van der Waals surface area (Å²) in [6.45, 7) is 8.12. The van der Waals surface area contributed by atoms with E-state index in [4.69, 9.17) is 28.4 Å². The summed E-state index contributed by atoms with van der Waals surface area (Å²) in [5.74, 6) is -1.24. The lowest BCUT2D eigenvalue weighted by Crippen LogP contribution is -2.56. The molecule has 2 unspecified atom stereocenters. The van der Waals surface area contributed by atoms with Gasteiger partial charge in [0.05, 0.1) is 6.61 Å². The Morgan fingerprint density at radius 2 is 1.37 bits per heavy atom.